The molecule has 0 radical (unpaired) electrons. The van der Waals surface area contributed by atoms with Crippen LogP contribution in [0, 0.1) is 6.92 Å². The van der Waals surface area contributed by atoms with Crippen LogP contribution in [0.3, 0.4) is 0 Å². The Morgan fingerprint density at radius 1 is 1.10 bits per heavy atom. The summed E-state index contributed by atoms with van der Waals surface area (Å²) >= 11 is 0. The lowest BCUT2D eigenvalue weighted by molar-refractivity contribution is 0.0599. The molecule has 3 N–H and O–H groups in total. The molecule has 0 spiro atoms. The number of urea groups is 1. The number of amides is 2. The summed E-state index contributed by atoms with van der Waals surface area (Å²) in [5.74, 6) is 0. The van der Waals surface area contributed by atoms with Crippen LogP contribution in [0.25, 0.3) is 0 Å². The Morgan fingerprint density at radius 2 is 1.71 bits per heavy atom. The molecule has 4 nitrogen and oxygen atoms in total. The van der Waals surface area contributed by atoms with E-state index in [4.69, 9.17) is 0 Å². The van der Waals surface area contributed by atoms with Crippen LogP contribution in [-0.2, 0) is 5.60 Å². The van der Waals surface area contributed by atoms with Gasteiger partial charge in [0.2, 0.25) is 0 Å². The Bertz CT molecular complexity index is 609. The third-order valence-electron chi connectivity index (χ3n) is 3.38. The number of hydrogen-bond donors (Lipinski definition) is 3. The Kier molecular flexibility index (Phi) is 4.60. The number of anilines is 1. The zero-order chi connectivity index (χ0) is 15.3. The molecule has 0 unspecified atom stereocenters. The molecule has 0 aliphatic heterocycles. The first-order valence-electron chi connectivity index (χ1n) is 6.87. The van der Waals surface area contributed by atoms with Gasteiger partial charge in [-0.2, -0.15) is 0 Å². The molecule has 2 amide bonds. The van der Waals surface area contributed by atoms with E-state index in [9.17, 15) is 9.90 Å². The number of benzene rings is 2. The molecule has 0 saturated carbocycles. The summed E-state index contributed by atoms with van der Waals surface area (Å²) < 4.78 is 0. The minimum absolute atomic E-state index is 0.134. The van der Waals surface area contributed by atoms with E-state index in [0.29, 0.717) is 0 Å². The highest BCUT2D eigenvalue weighted by Gasteiger charge is 2.23. The predicted molar refractivity (Wildman–Crippen MR) is 84.2 cm³/mol. The molecule has 0 aromatic heterocycles. The van der Waals surface area contributed by atoms with Gasteiger partial charge in [-0.1, -0.05) is 48.5 Å². The lowest BCUT2D eigenvalue weighted by Crippen LogP contribution is -2.40. The van der Waals surface area contributed by atoms with Gasteiger partial charge in [-0.25, -0.2) is 4.79 Å². The van der Waals surface area contributed by atoms with Gasteiger partial charge in [-0.15, -0.1) is 0 Å². The molecule has 1 atom stereocenters. The fourth-order valence-electron chi connectivity index (χ4n) is 2.03. The second-order valence-electron chi connectivity index (χ2n) is 5.26. The summed E-state index contributed by atoms with van der Waals surface area (Å²) in [6.07, 6.45) is 0. The Hall–Kier alpha value is -2.33. The molecule has 0 saturated heterocycles. The standard InChI is InChI=1S/C17H20N2O2/c1-13-8-6-7-11-15(13)19-16(20)18-12-17(2,21)14-9-4-3-5-10-14/h3-11,21H,12H2,1-2H3,(H2,18,19,20)/t17-/m0/s1. The normalized spacial score (nSPS) is 13.3. The smallest absolute Gasteiger partial charge is 0.319 e. The number of carbonyl (C=O) groups excluding carboxylic acids is 1. The van der Waals surface area contributed by atoms with E-state index in [1.807, 2.05) is 61.5 Å². The van der Waals surface area contributed by atoms with E-state index in [2.05, 4.69) is 10.6 Å². The molecule has 0 fully saturated rings. The van der Waals surface area contributed by atoms with Crippen LogP contribution in [-0.4, -0.2) is 17.7 Å². The topological polar surface area (TPSA) is 61.4 Å². The fraction of sp³-hybridized carbons (Fsp3) is 0.235. The van der Waals surface area contributed by atoms with Gasteiger partial charge in [0, 0.05) is 5.69 Å². The molecule has 4 heteroatoms. The van der Waals surface area contributed by atoms with Crippen molar-refractivity contribution in [2.45, 2.75) is 19.4 Å². The van der Waals surface area contributed by atoms with Crippen molar-refractivity contribution < 1.29 is 9.90 Å². The van der Waals surface area contributed by atoms with Gasteiger partial charge in [0.25, 0.3) is 0 Å². The number of hydrogen-bond acceptors (Lipinski definition) is 2. The minimum Gasteiger partial charge on any atom is -0.384 e. The van der Waals surface area contributed by atoms with Crippen molar-refractivity contribution in [2.24, 2.45) is 0 Å². The number of nitrogens with one attached hydrogen (secondary N) is 2. The van der Waals surface area contributed by atoms with Gasteiger partial charge >= 0.3 is 6.03 Å². The predicted octanol–water partition coefficient (Wildman–Crippen LogP) is 3.02. The molecule has 2 aromatic rings. The number of aryl methyl sites for hydroxylation is 1. The molecular weight excluding hydrogens is 264 g/mol. The lowest BCUT2D eigenvalue weighted by atomic mass is 9.96. The third kappa shape index (κ3) is 4.07. The highest BCUT2D eigenvalue weighted by molar-refractivity contribution is 5.90. The first-order valence-corrected chi connectivity index (χ1v) is 6.87. The van der Waals surface area contributed by atoms with Gasteiger partial charge in [0.05, 0.1) is 6.54 Å². The first-order chi connectivity index (χ1) is 9.99. The van der Waals surface area contributed by atoms with Crippen LogP contribution in [0.15, 0.2) is 54.6 Å². The quantitative estimate of drug-likeness (QED) is 0.808. The highest BCUT2D eigenvalue weighted by atomic mass is 16.3. The second kappa shape index (κ2) is 6.41. The average molecular weight is 284 g/mol. The fourth-order valence-corrected chi connectivity index (χ4v) is 2.03. The lowest BCUT2D eigenvalue weighted by Gasteiger charge is -2.24. The van der Waals surface area contributed by atoms with Gasteiger partial charge in [-0.05, 0) is 31.0 Å². The third-order valence-corrected chi connectivity index (χ3v) is 3.38. The van der Waals surface area contributed by atoms with Crippen molar-refractivity contribution in [2.75, 3.05) is 11.9 Å². The van der Waals surface area contributed by atoms with Crippen molar-refractivity contribution in [1.29, 1.82) is 0 Å². The van der Waals surface area contributed by atoms with Gasteiger partial charge < -0.3 is 15.7 Å². The summed E-state index contributed by atoms with van der Waals surface area (Å²) in [6.45, 7) is 3.74. The number of para-hydroxylation sites is 1. The molecule has 0 aliphatic carbocycles. The van der Waals surface area contributed by atoms with E-state index >= 15 is 0 Å². The van der Waals surface area contributed by atoms with Crippen LogP contribution in [0.2, 0.25) is 0 Å². The maximum Gasteiger partial charge on any atom is 0.319 e. The van der Waals surface area contributed by atoms with Crippen LogP contribution < -0.4 is 10.6 Å². The minimum atomic E-state index is -1.11. The van der Waals surface area contributed by atoms with E-state index < -0.39 is 5.60 Å². The van der Waals surface area contributed by atoms with Gasteiger partial charge in [-0.3, -0.25) is 0 Å². The number of aliphatic hydroxyl groups is 1. The molecule has 21 heavy (non-hydrogen) atoms. The van der Waals surface area contributed by atoms with Crippen molar-refractivity contribution in [3.05, 3.63) is 65.7 Å². The van der Waals surface area contributed by atoms with Crippen molar-refractivity contribution in [3.63, 3.8) is 0 Å². The Morgan fingerprint density at radius 3 is 2.38 bits per heavy atom. The second-order valence-corrected chi connectivity index (χ2v) is 5.26. The Labute approximate surface area is 124 Å². The highest BCUT2D eigenvalue weighted by Crippen LogP contribution is 2.19. The summed E-state index contributed by atoms with van der Waals surface area (Å²) in [7, 11) is 0. The molecule has 0 bridgehead atoms. The van der Waals surface area contributed by atoms with E-state index in [-0.39, 0.29) is 12.6 Å². The summed E-state index contributed by atoms with van der Waals surface area (Å²) in [6, 6.07) is 16.5. The average Bonchev–Trinajstić information content (AvgIpc) is 2.49. The molecule has 0 heterocycles. The van der Waals surface area contributed by atoms with E-state index in [0.717, 1.165) is 16.8 Å². The zero-order valence-corrected chi connectivity index (χ0v) is 12.3. The largest absolute Gasteiger partial charge is 0.384 e. The van der Waals surface area contributed by atoms with E-state index in [1.165, 1.54) is 0 Å². The maximum atomic E-state index is 11.9. The van der Waals surface area contributed by atoms with Crippen LogP contribution in [0.1, 0.15) is 18.1 Å². The molecule has 2 aromatic carbocycles. The molecule has 110 valence electrons. The van der Waals surface area contributed by atoms with Crippen molar-refractivity contribution in [3.8, 4) is 0 Å². The van der Waals surface area contributed by atoms with Crippen molar-refractivity contribution in [1.82, 2.24) is 5.32 Å². The number of rotatable bonds is 4. The monoisotopic (exact) mass is 284 g/mol. The first kappa shape index (κ1) is 15.1. The summed E-state index contributed by atoms with van der Waals surface area (Å²) in [5.41, 5.74) is 1.41. The van der Waals surface area contributed by atoms with Gasteiger partial charge in [0.15, 0.2) is 0 Å². The molecule has 0 aliphatic rings. The van der Waals surface area contributed by atoms with Crippen LogP contribution in [0.5, 0.6) is 0 Å². The van der Waals surface area contributed by atoms with Crippen LogP contribution >= 0.6 is 0 Å². The summed E-state index contributed by atoms with van der Waals surface area (Å²) in [4.78, 5) is 11.9. The summed E-state index contributed by atoms with van der Waals surface area (Å²) in [5, 5.41) is 15.9. The SMILES string of the molecule is Cc1ccccc1NC(=O)NC[C@](C)(O)c1ccccc1. The van der Waals surface area contributed by atoms with Gasteiger partial charge in [0.1, 0.15) is 5.60 Å². The maximum absolute atomic E-state index is 11.9. The zero-order valence-electron chi connectivity index (χ0n) is 12.3. The van der Waals surface area contributed by atoms with Crippen molar-refractivity contribution >= 4 is 11.7 Å². The number of carbonyl (C=O) groups is 1. The molecule has 2 rings (SSSR count). The van der Waals surface area contributed by atoms with E-state index in [1.54, 1.807) is 6.92 Å². The Balaban J connectivity index is 1.94. The molecular formula is C17H20N2O2. The van der Waals surface area contributed by atoms with Crippen LogP contribution in [0.4, 0.5) is 10.5 Å².